The van der Waals surface area contributed by atoms with E-state index in [0.29, 0.717) is 6.17 Å². The quantitative estimate of drug-likeness (QED) is 0.161. The van der Waals surface area contributed by atoms with Crippen LogP contribution in [0, 0.1) is 0 Å². The zero-order valence-corrected chi connectivity index (χ0v) is 21.2. The minimum absolute atomic E-state index is 0.623. The SMILES string of the molecule is CCCCCCCCCCCCCN1C=CN(CCCCCCCCCC)C1CC. The molecule has 0 amide bonds. The fourth-order valence-electron chi connectivity index (χ4n) is 4.86. The molecule has 1 heterocycles. The minimum atomic E-state index is 0.623. The second kappa shape index (κ2) is 20.3. The van der Waals surface area contributed by atoms with Crippen LogP contribution < -0.4 is 0 Å². The number of rotatable bonds is 22. The maximum absolute atomic E-state index is 2.61. The Morgan fingerprint density at radius 1 is 0.433 bits per heavy atom. The van der Waals surface area contributed by atoms with Gasteiger partial charge in [0.25, 0.3) is 0 Å². The molecule has 2 heteroatoms. The van der Waals surface area contributed by atoms with E-state index in [9.17, 15) is 0 Å². The summed E-state index contributed by atoms with van der Waals surface area (Å²) in [5.41, 5.74) is 0. The molecule has 0 bridgehead atoms. The van der Waals surface area contributed by atoms with Crippen LogP contribution in [0.5, 0.6) is 0 Å². The van der Waals surface area contributed by atoms with Crippen molar-refractivity contribution in [2.75, 3.05) is 13.1 Å². The molecule has 0 saturated heterocycles. The second-order valence-electron chi connectivity index (χ2n) is 9.67. The molecule has 178 valence electrons. The highest BCUT2D eigenvalue weighted by Gasteiger charge is 2.23. The Labute approximate surface area is 190 Å². The van der Waals surface area contributed by atoms with Crippen LogP contribution in [0.25, 0.3) is 0 Å². The van der Waals surface area contributed by atoms with Crippen molar-refractivity contribution in [1.29, 1.82) is 0 Å². The first-order valence-electron chi connectivity index (χ1n) is 14.0. The third-order valence-corrected chi connectivity index (χ3v) is 6.87. The first-order chi connectivity index (χ1) is 14.8. The topological polar surface area (TPSA) is 6.48 Å². The van der Waals surface area contributed by atoms with E-state index in [1.54, 1.807) is 0 Å². The molecule has 0 saturated carbocycles. The van der Waals surface area contributed by atoms with Crippen molar-refractivity contribution in [2.24, 2.45) is 0 Å². The second-order valence-corrected chi connectivity index (χ2v) is 9.67. The molecule has 1 unspecified atom stereocenters. The van der Waals surface area contributed by atoms with Crippen LogP contribution >= 0.6 is 0 Å². The molecule has 30 heavy (non-hydrogen) atoms. The van der Waals surface area contributed by atoms with E-state index in [1.165, 1.54) is 142 Å². The van der Waals surface area contributed by atoms with Gasteiger partial charge >= 0.3 is 0 Å². The summed E-state index contributed by atoms with van der Waals surface area (Å²) in [6, 6.07) is 0. The lowest BCUT2D eigenvalue weighted by Gasteiger charge is -2.32. The van der Waals surface area contributed by atoms with E-state index in [-0.39, 0.29) is 0 Å². The lowest BCUT2D eigenvalue weighted by Crippen LogP contribution is -2.38. The molecule has 1 rings (SSSR count). The molecule has 0 aromatic carbocycles. The van der Waals surface area contributed by atoms with Crippen LogP contribution in [-0.2, 0) is 0 Å². The Bertz CT molecular complexity index is 379. The third kappa shape index (κ3) is 13.6. The normalized spacial score (nSPS) is 16.2. The fraction of sp³-hybridized carbons (Fsp3) is 0.929. The monoisotopic (exact) mass is 420 g/mol. The van der Waals surface area contributed by atoms with Gasteiger partial charge in [0.1, 0.15) is 6.17 Å². The molecule has 0 radical (unpaired) electrons. The summed E-state index contributed by atoms with van der Waals surface area (Å²) < 4.78 is 0. The van der Waals surface area contributed by atoms with Crippen molar-refractivity contribution in [3.8, 4) is 0 Å². The molecule has 0 spiro atoms. The van der Waals surface area contributed by atoms with Crippen LogP contribution in [0.2, 0.25) is 0 Å². The number of unbranched alkanes of at least 4 members (excludes halogenated alkanes) is 17. The third-order valence-electron chi connectivity index (χ3n) is 6.87. The van der Waals surface area contributed by atoms with Crippen molar-refractivity contribution in [3.63, 3.8) is 0 Å². The molecule has 1 aliphatic heterocycles. The summed E-state index contributed by atoms with van der Waals surface area (Å²) in [6.07, 6.45) is 33.7. The molecule has 0 aromatic heterocycles. The smallest absolute Gasteiger partial charge is 0.100 e. The minimum Gasteiger partial charge on any atom is -0.356 e. The lowest BCUT2D eigenvalue weighted by atomic mass is 10.1. The Balaban J connectivity index is 1.98. The first kappa shape index (κ1) is 27.4. The van der Waals surface area contributed by atoms with Gasteiger partial charge in [-0.05, 0) is 19.3 Å². The summed E-state index contributed by atoms with van der Waals surface area (Å²) in [7, 11) is 0. The fourth-order valence-corrected chi connectivity index (χ4v) is 4.86. The highest BCUT2D eigenvalue weighted by atomic mass is 15.4. The van der Waals surface area contributed by atoms with Gasteiger partial charge < -0.3 is 9.80 Å². The van der Waals surface area contributed by atoms with E-state index >= 15 is 0 Å². The van der Waals surface area contributed by atoms with Gasteiger partial charge in [0, 0.05) is 25.5 Å². The van der Waals surface area contributed by atoms with Gasteiger partial charge in [-0.3, -0.25) is 0 Å². The number of hydrogen-bond donors (Lipinski definition) is 0. The molecule has 1 aliphatic rings. The Morgan fingerprint density at radius 3 is 1.03 bits per heavy atom. The van der Waals surface area contributed by atoms with Gasteiger partial charge in [0.15, 0.2) is 0 Å². The zero-order chi connectivity index (χ0) is 21.7. The van der Waals surface area contributed by atoms with Gasteiger partial charge in [0.2, 0.25) is 0 Å². The average Bonchev–Trinajstić information content (AvgIpc) is 3.15. The van der Waals surface area contributed by atoms with Gasteiger partial charge in [-0.2, -0.15) is 0 Å². The Kier molecular flexibility index (Phi) is 18.5. The summed E-state index contributed by atoms with van der Waals surface area (Å²) in [5, 5.41) is 0. The standard InChI is InChI=1S/C28H56N2/c1-4-7-9-11-13-15-16-17-19-21-23-25-30-27-26-29(28(30)6-3)24-22-20-18-14-12-10-8-5-2/h26-28H,4-25H2,1-3H3. The molecule has 0 aromatic rings. The van der Waals surface area contributed by atoms with Crippen LogP contribution in [-0.4, -0.2) is 29.1 Å². The predicted molar refractivity (Wildman–Crippen MR) is 136 cm³/mol. The maximum atomic E-state index is 2.61. The largest absolute Gasteiger partial charge is 0.356 e. The van der Waals surface area contributed by atoms with Crippen molar-refractivity contribution < 1.29 is 0 Å². The van der Waals surface area contributed by atoms with Crippen molar-refractivity contribution in [2.45, 2.75) is 155 Å². The molecule has 0 aliphatic carbocycles. The average molecular weight is 421 g/mol. The van der Waals surface area contributed by atoms with Crippen LogP contribution in [0.15, 0.2) is 12.4 Å². The van der Waals surface area contributed by atoms with Crippen molar-refractivity contribution in [3.05, 3.63) is 12.4 Å². The Morgan fingerprint density at radius 2 is 0.733 bits per heavy atom. The molecule has 0 N–H and O–H groups in total. The van der Waals surface area contributed by atoms with E-state index in [0.717, 1.165) is 0 Å². The number of hydrogen-bond acceptors (Lipinski definition) is 2. The molecule has 1 atom stereocenters. The number of nitrogens with zero attached hydrogens (tertiary/aromatic N) is 2. The highest BCUT2D eigenvalue weighted by Crippen LogP contribution is 2.21. The Hall–Kier alpha value is -0.660. The van der Waals surface area contributed by atoms with E-state index in [2.05, 4.69) is 43.0 Å². The summed E-state index contributed by atoms with van der Waals surface area (Å²) in [5.74, 6) is 0. The first-order valence-corrected chi connectivity index (χ1v) is 14.0. The summed E-state index contributed by atoms with van der Waals surface area (Å²) in [4.78, 5) is 5.22. The van der Waals surface area contributed by atoms with Gasteiger partial charge in [-0.1, -0.05) is 130 Å². The summed E-state index contributed by atoms with van der Waals surface area (Å²) >= 11 is 0. The molecule has 0 fully saturated rings. The van der Waals surface area contributed by atoms with E-state index < -0.39 is 0 Å². The lowest BCUT2D eigenvalue weighted by molar-refractivity contribution is 0.144. The molecule has 2 nitrogen and oxygen atoms in total. The van der Waals surface area contributed by atoms with Crippen molar-refractivity contribution >= 4 is 0 Å². The molecular formula is C28H56N2. The summed E-state index contributed by atoms with van der Waals surface area (Å²) in [6.45, 7) is 9.45. The van der Waals surface area contributed by atoms with Gasteiger partial charge in [-0.15, -0.1) is 0 Å². The highest BCUT2D eigenvalue weighted by molar-refractivity contribution is 4.96. The zero-order valence-electron chi connectivity index (χ0n) is 21.2. The van der Waals surface area contributed by atoms with E-state index in [4.69, 9.17) is 0 Å². The van der Waals surface area contributed by atoms with Gasteiger partial charge in [0.05, 0.1) is 0 Å². The van der Waals surface area contributed by atoms with Crippen molar-refractivity contribution in [1.82, 2.24) is 9.80 Å². The van der Waals surface area contributed by atoms with Crippen LogP contribution in [0.4, 0.5) is 0 Å². The molecular weight excluding hydrogens is 364 g/mol. The van der Waals surface area contributed by atoms with Gasteiger partial charge in [-0.25, -0.2) is 0 Å². The maximum Gasteiger partial charge on any atom is 0.100 e. The predicted octanol–water partition coefficient (Wildman–Crippen LogP) is 9.26. The van der Waals surface area contributed by atoms with E-state index in [1.807, 2.05) is 0 Å². The van der Waals surface area contributed by atoms with Crippen LogP contribution in [0.3, 0.4) is 0 Å². The van der Waals surface area contributed by atoms with Crippen LogP contribution in [0.1, 0.15) is 149 Å².